The number of amides is 1. The van der Waals surface area contributed by atoms with Crippen LogP contribution < -0.4 is 11.1 Å². The molecular weight excluding hydrogens is 354 g/mol. The maximum Gasteiger partial charge on any atom is 0.251 e. The minimum atomic E-state index is -0.278. The average molecular weight is 392 g/mol. The Hall–Kier alpha value is -1.92. The van der Waals surface area contributed by atoms with Crippen LogP contribution in [0.1, 0.15) is 75.7 Å². The normalized spacial score (nSPS) is 12.0. The Kier molecular flexibility index (Phi) is 9.62. The van der Waals surface area contributed by atoms with Gasteiger partial charge >= 0.3 is 0 Å². The molecule has 1 aromatic carbocycles. The number of hydrogen-bond acceptors (Lipinski definition) is 4. The standard InChI is InChI=1S/C22H37N3O3/c1-6-21(7-2,28-16-22(8-3,9-4)27-5)14-15-25-20(26)18-12-10-17(11-13-18)19(23)24/h10-13H,6-9,14-16H2,1-5H3,(H3,23,24)(H,25,26). The van der Waals surface area contributed by atoms with Crippen molar-refractivity contribution in [1.82, 2.24) is 5.32 Å². The van der Waals surface area contributed by atoms with Crippen molar-refractivity contribution in [2.75, 3.05) is 20.3 Å². The lowest BCUT2D eigenvalue weighted by Crippen LogP contribution is -2.43. The first-order chi connectivity index (χ1) is 13.3. The Morgan fingerprint density at radius 3 is 1.93 bits per heavy atom. The third kappa shape index (κ3) is 6.31. The first-order valence-corrected chi connectivity index (χ1v) is 10.2. The second-order valence-corrected chi connectivity index (χ2v) is 7.27. The Bertz CT molecular complexity index is 612. The molecule has 1 rings (SSSR count). The monoisotopic (exact) mass is 391 g/mol. The summed E-state index contributed by atoms with van der Waals surface area (Å²) in [5.41, 5.74) is 6.08. The zero-order valence-corrected chi connectivity index (χ0v) is 18.1. The Morgan fingerprint density at radius 1 is 1.00 bits per heavy atom. The number of methoxy groups -OCH3 is 1. The maximum absolute atomic E-state index is 12.4. The molecule has 0 saturated heterocycles. The van der Waals surface area contributed by atoms with E-state index in [1.807, 2.05) is 0 Å². The molecule has 0 aliphatic rings. The van der Waals surface area contributed by atoms with E-state index in [0.717, 1.165) is 32.1 Å². The van der Waals surface area contributed by atoms with Gasteiger partial charge in [0.1, 0.15) is 5.84 Å². The maximum atomic E-state index is 12.4. The van der Waals surface area contributed by atoms with E-state index in [1.54, 1.807) is 31.4 Å². The molecule has 6 heteroatoms. The van der Waals surface area contributed by atoms with Crippen LogP contribution in [-0.2, 0) is 9.47 Å². The van der Waals surface area contributed by atoms with Crippen LogP contribution in [0, 0.1) is 5.41 Å². The van der Waals surface area contributed by atoms with Crippen LogP contribution in [0.15, 0.2) is 24.3 Å². The molecule has 0 unspecified atom stereocenters. The van der Waals surface area contributed by atoms with Crippen molar-refractivity contribution >= 4 is 11.7 Å². The van der Waals surface area contributed by atoms with Gasteiger partial charge in [-0.1, -0.05) is 39.8 Å². The summed E-state index contributed by atoms with van der Waals surface area (Å²) in [6.07, 6.45) is 4.29. The first-order valence-electron chi connectivity index (χ1n) is 10.2. The van der Waals surface area contributed by atoms with Crippen LogP contribution in [0.4, 0.5) is 0 Å². The summed E-state index contributed by atoms with van der Waals surface area (Å²) in [7, 11) is 1.74. The number of nitrogen functional groups attached to an aromatic ring is 1. The van der Waals surface area contributed by atoms with Gasteiger partial charge in [0.05, 0.1) is 17.8 Å². The van der Waals surface area contributed by atoms with Crippen LogP contribution >= 0.6 is 0 Å². The molecular formula is C22H37N3O3. The minimum Gasteiger partial charge on any atom is -0.384 e. The van der Waals surface area contributed by atoms with Crippen molar-refractivity contribution in [2.45, 2.75) is 71.0 Å². The topological polar surface area (TPSA) is 97.4 Å². The van der Waals surface area contributed by atoms with E-state index < -0.39 is 0 Å². The quantitative estimate of drug-likeness (QED) is 0.351. The molecule has 6 nitrogen and oxygen atoms in total. The first kappa shape index (κ1) is 24.1. The van der Waals surface area contributed by atoms with E-state index >= 15 is 0 Å². The lowest BCUT2D eigenvalue weighted by atomic mass is 9.91. The van der Waals surface area contributed by atoms with Crippen LogP contribution in [0.2, 0.25) is 0 Å². The molecule has 0 atom stereocenters. The van der Waals surface area contributed by atoms with Gasteiger partial charge in [-0.2, -0.15) is 0 Å². The molecule has 1 amide bonds. The van der Waals surface area contributed by atoms with E-state index in [0.29, 0.717) is 24.3 Å². The molecule has 0 radical (unpaired) electrons. The number of carbonyl (C=O) groups is 1. The summed E-state index contributed by atoms with van der Waals surface area (Å²) in [5, 5.41) is 10.4. The molecule has 4 N–H and O–H groups in total. The number of carbonyl (C=O) groups excluding carboxylic acids is 1. The predicted octanol–water partition coefficient (Wildman–Crippen LogP) is 3.87. The lowest BCUT2D eigenvalue weighted by molar-refractivity contribution is -0.141. The summed E-state index contributed by atoms with van der Waals surface area (Å²) in [6.45, 7) is 9.57. The number of ether oxygens (including phenoxy) is 2. The third-order valence-electron chi connectivity index (χ3n) is 5.98. The molecule has 0 saturated carbocycles. The molecule has 158 valence electrons. The average Bonchev–Trinajstić information content (AvgIpc) is 2.73. The van der Waals surface area contributed by atoms with Gasteiger partial charge in [0.15, 0.2) is 0 Å². The fraction of sp³-hybridized carbons (Fsp3) is 0.636. The number of nitrogens with one attached hydrogen (secondary N) is 2. The number of benzene rings is 1. The van der Waals surface area contributed by atoms with E-state index in [-0.39, 0.29) is 22.9 Å². The summed E-state index contributed by atoms with van der Waals surface area (Å²) in [5.74, 6) is -0.143. The zero-order valence-electron chi connectivity index (χ0n) is 18.1. The van der Waals surface area contributed by atoms with E-state index in [4.69, 9.17) is 20.6 Å². The van der Waals surface area contributed by atoms with Gasteiger partial charge in [-0.05, 0) is 44.2 Å². The summed E-state index contributed by atoms with van der Waals surface area (Å²) in [4.78, 5) is 12.4. The molecule has 0 bridgehead atoms. The van der Waals surface area contributed by atoms with Crippen molar-refractivity contribution in [3.8, 4) is 0 Å². The second-order valence-electron chi connectivity index (χ2n) is 7.27. The molecule has 1 aromatic rings. The lowest BCUT2D eigenvalue weighted by Gasteiger charge is -2.38. The van der Waals surface area contributed by atoms with Gasteiger partial charge in [0, 0.05) is 24.8 Å². The highest BCUT2D eigenvalue weighted by atomic mass is 16.5. The number of nitrogens with two attached hydrogens (primary N) is 1. The van der Waals surface area contributed by atoms with Crippen molar-refractivity contribution < 1.29 is 14.3 Å². The molecule has 0 aliphatic carbocycles. The van der Waals surface area contributed by atoms with Gasteiger partial charge in [0.2, 0.25) is 0 Å². The summed E-state index contributed by atoms with van der Waals surface area (Å²) < 4.78 is 12.1. The van der Waals surface area contributed by atoms with E-state index in [2.05, 4.69) is 33.0 Å². The van der Waals surface area contributed by atoms with Crippen molar-refractivity contribution in [1.29, 1.82) is 5.41 Å². The Morgan fingerprint density at radius 2 is 1.50 bits per heavy atom. The molecule has 0 aromatic heterocycles. The molecule has 0 fully saturated rings. The van der Waals surface area contributed by atoms with Crippen LogP contribution in [0.3, 0.4) is 0 Å². The molecule has 0 heterocycles. The zero-order chi connectivity index (χ0) is 21.2. The van der Waals surface area contributed by atoms with Gasteiger partial charge in [-0.15, -0.1) is 0 Å². The third-order valence-corrected chi connectivity index (χ3v) is 5.98. The summed E-state index contributed by atoms with van der Waals surface area (Å²) >= 11 is 0. The van der Waals surface area contributed by atoms with Crippen molar-refractivity contribution in [3.63, 3.8) is 0 Å². The Balaban J connectivity index is 2.66. The Labute approximate surface area is 169 Å². The van der Waals surface area contributed by atoms with E-state index in [9.17, 15) is 4.79 Å². The van der Waals surface area contributed by atoms with Crippen LogP contribution in [-0.4, -0.2) is 43.2 Å². The second kappa shape index (κ2) is 11.2. The van der Waals surface area contributed by atoms with Gasteiger partial charge in [-0.25, -0.2) is 0 Å². The fourth-order valence-corrected chi connectivity index (χ4v) is 3.27. The van der Waals surface area contributed by atoms with Gasteiger partial charge in [-0.3, -0.25) is 10.2 Å². The molecule has 28 heavy (non-hydrogen) atoms. The number of hydrogen-bond donors (Lipinski definition) is 3. The minimum absolute atomic E-state index is 0.00826. The predicted molar refractivity (Wildman–Crippen MR) is 114 cm³/mol. The van der Waals surface area contributed by atoms with Crippen LogP contribution in [0.25, 0.3) is 0 Å². The SMILES string of the molecule is CCC(CC)(COC(CC)(CC)CCNC(=O)c1ccc(C(=N)N)cc1)OC. The number of rotatable bonds is 13. The number of amidine groups is 1. The largest absolute Gasteiger partial charge is 0.384 e. The van der Waals surface area contributed by atoms with Crippen molar-refractivity contribution in [2.24, 2.45) is 5.73 Å². The summed E-state index contributed by atoms with van der Waals surface area (Å²) in [6, 6.07) is 6.74. The highest BCUT2D eigenvalue weighted by Crippen LogP contribution is 2.29. The molecule has 0 spiro atoms. The van der Waals surface area contributed by atoms with Crippen LogP contribution in [0.5, 0.6) is 0 Å². The van der Waals surface area contributed by atoms with E-state index in [1.165, 1.54) is 0 Å². The highest BCUT2D eigenvalue weighted by molar-refractivity contribution is 5.98. The fourth-order valence-electron chi connectivity index (χ4n) is 3.27. The highest BCUT2D eigenvalue weighted by Gasteiger charge is 2.33. The van der Waals surface area contributed by atoms with Crippen molar-refractivity contribution in [3.05, 3.63) is 35.4 Å². The molecule has 0 aliphatic heterocycles. The van der Waals surface area contributed by atoms with Gasteiger partial charge in [0.25, 0.3) is 5.91 Å². The van der Waals surface area contributed by atoms with Gasteiger partial charge < -0.3 is 20.5 Å². The smallest absolute Gasteiger partial charge is 0.251 e.